The van der Waals surface area contributed by atoms with E-state index in [4.69, 9.17) is 0 Å². The van der Waals surface area contributed by atoms with Crippen molar-refractivity contribution < 1.29 is 5.11 Å². The molecule has 96 valence electrons. The summed E-state index contributed by atoms with van der Waals surface area (Å²) in [6.45, 7) is 2.23. The Morgan fingerprint density at radius 2 is 1.65 bits per heavy atom. The van der Waals surface area contributed by atoms with Crippen LogP contribution in [0.3, 0.4) is 0 Å². The van der Waals surface area contributed by atoms with Crippen molar-refractivity contribution >= 4 is 25.3 Å². The standard InChI is InChI=1S/C14H22OS2/c1-2-3-4-5-6-7-8-11-12(15)9-10-13(16)14(11)17/h9-10,15-17H,2-8H2,1H3. The Kier molecular flexibility index (Phi) is 6.90. The van der Waals surface area contributed by atoms with Gasteiger partial charge in [0.25, 0.3) is 0 Å². The molecule has 0 spiro atoms. The van der Waals surface area contributed by atoms with Crippen LogP contribution >= 0.6 is 25.3 Å². The van der Waals surface area contributed by atoms with Gasteiger partial charge < -0.3 is 5.11 Å². The van der Waals surface area contributed by atoms with Crippen molar-refractivity contribution in [3.63, 3.8) is 0 Å². The Morgan fingerprint density at radius 3 is 2.35 bits per heavy atom. The first-order valence-electron chi connectivity index (χ1n) is 6.39. The minimum atomic E-state index is 0.348. The lowest BCUT2D eigenvalue weighted by molar-refractivity contribution is 0.462. The van der Waals surface area contributed by atoms with Crippen LogP contribution < -0.4 is 0 Å². The zero-order valence-electron chi connectivity index (χ0n) is 10.4. The van der Waals surface area contributed by atoms with Crippen molar-refractivity contribution in [2.24, 2.45) is 0 Å². The van der Waals surface area contributed by atoms with E-state index in [2.05, 4.69) is 32.2 Å². The van der Waals surface area contributed by atoms with Crippen LogP contribution in [0, 0.1) is 0 Å². The fraction of sp³-hybridized carbons (Fsp3) is 0.571. The second kappa shape index (κ2) is 7.93. The molecular weight excluding hydrogens is 248 g/mol. The van der Waals surface area contributed by atoms with Gasteiger partial charge in [-0.2, -0.15) is 0 Å². The van der Waals surface area contributed by atoms with Crippen molar-refractivity contribution in [1.82, 2.24) is 0 Å². The van der Waals surface area contributed by atoms with Crippen molar-refractivity contribution in [3.05, 3.63) is 17.7 Å². The maximum Gasteiger partial charge on any atom is 0.119 e. The van der Waals surface area contributed by atoms with E-state index in [1.54, 1.807) is 12.1 Å². The van der Waals surface area contributed by atoms with Crippen LogP contribution in [0.2, 0.25) is 0 Å². The molecule has 0 amide bonds. The number of benzene rings is 1. The van der Waals surface area contributed by atoms with Crippen molar-refractivity contribution in [2.75, 3.05) is 0 Å². The highest BCUT2D eigenvalue weighted by Crippen LogP contribution is 2.31. The molecule has 1 nitrogen and oxygen atoms in total. The largest absolute Gasteiger partial charge is 0.508 e. The van der Waals surface area contributed by atoms with Crippen LogP contribution in [0.4, 0.5) is 0 Å². The molecule has 0 radical (unpaired) electrons. The highest BCUT2D eigenvalue weighted by atomic mass is 32.1. The smallest absolute Gasteiger partial charge is 0.119 e. The van der Waals surface area contributed by atoms with E-state index in [1.165, 1.54) is 32.1 Å². The van der Waals surface area contributed by atoms with Crippen LogP contribution in [0.5, 0.6) is 5.75 Å². The molecule has 0 saturated heterocycles. The number of aromatic hydroxyl groups is 1. The zero-order valence-corrected chi connectivity index (χ0v) is 12.2. The first-order chi connectivity index (χ1) is 8.16. The number of hydrogen-bond donors (Lipinski definition) is 3. The van der Waals surface area contributed by atoms with Gasteiger partial charge in [-0.1, -0.05) is 39.0 Å². The average molecular weight is 270 g/mol. The molecule has 1 aromatic rings. The van der Waals surface area contributed by atoms with Gasteiger partial charge in [-0.05, 0) is 25.0 Å². The fourth-order valence-electron chi connectivity index (χ4n) is 1.94. The normalized spacial score (nSPS) is 10.8. The van der Waals surface area contributed by atoms with Gasteiger partial charge in [0.05, 0.1) is 0 Å². The molecule has 1 N–H and O–H groups in total. The van der Waals surface area contributed by atoms with Crippen LogP contribution in [0.1, 0.15) is 51.0 Å². The maximum absolute atomic E-state index is 9.77. The summed E-state index contributed by atoms with van der Waals surface area (Å²) < 4.78 is 0. The highest BCUT2D eigenvalue weighted by Gasteiger charge is 2.07. The molecule has 0 atom stereocenters. The second-order valence-electron chi connectivity index (χ2n) is 4.45. The molecule has 0 saturated carbocycles. The van der Waals surface area contributed by atoms with E-state index >= 15 is 0 Å². The van der Waals surface area contributed by atoms with E-state index in [1.807, 2.05) is 0 Å². The van der Waals surface area contributed by atoms with E-state index in [-0.39, 0.29) is 0 Å². The Hall–Kier alpha value is -0.280. The quantitative estimate of drug-likeness (QED) is 0.477. The predicted octanol–water partition coefficient (Wildman–Crippen LogP) is 4.87. The molecule has 1 rings (SSSR count). The topological polar surface area (TPSA) is 20.2 Å². The van der Waals surface area contributed by atoms with Crippen molar-refractivity contribution in [1.29, 1.82) is 0 Å². The molecule has 0 heterocycles. The lowest BCUT2D eigenvalue weighted by Crippen LogP contribution is -1.90. The minimum absolute atomic E-state index is 0.348. The van der Waals surface area contributed by atoms with Gasteiger partial charge in [-0.15, -0.1) is 25.3 Å². The third kappa shape index (κ3) is 4.84. The van der Waals surface area contributed by atoms with Crippen molar-refractivity contribution in [3.8, 4) is 5.75 Å². The third-order valence-electron chi connectivity index (χ3n) is 3.02. The summed E-state index contributed by atoms with van der Waals surface area (Å²) >= 11 is 8.72. The number of rotatable bonds is 7. The Bertz CT molecular complexity index is 350. The first-order valence-corrected chi connectivity index (χ1v) is 7.29. The summed E-state index contributed by atoms with van der Waals surface area (Å²) in [4.78, 5) is 1.66. The van der Waals surface area contributed by atoms with Crippen LogP contribution in [-0.4, -0.2) is 5.11 Å². The minimum Gasteiger partial charge on any atom is -0.508 e. The number of phenols is 1. The summed E-state index contributed by atoms with van der Waals surface area (Å²) in [5.41, 5.74) is 0.941. The van der Waals surface area contributed by atoms with Crippen LogP contribution in [0.25, 0.3) is 0 Å². The SMILES string of the molecule is CCCCCCCCc1c(O)ccc(S)c1S. The summed E-state index contributed by atoms with van der Waals surface area (Å²) in [5.74, 6) is 0.348. The summed E-state index contributed by atoms with van der Waals surface area (Å²) in [6.07, 6.45) is 8.45. The van der Waals surface area contributed by atoms with E-state index in [0.29, 0.717) is 5.75 Å². The molecule has 3 heteroatoms. The zero-order chi connectivity index (χ0) is 12.7. The van der Waals surface area contributed by atoms with Gasteiger partial charge >= 0.3 is 0 Å². The van der Waals surface area contributed by atoms with Crippen LogP contribution in [0.15, 0.2) is 21.9 Å². The Labute approximate surface area is 115 Å². The molecule has 0 aliphatic rings. The van der Waals surface area contributed by atoms with Gasteiger partial charge in [-0.25, -0.2) is 0 Å². The Morgan fingerprint density at radius 1 is 1.00 bits per heavy atom. The van der Waals surface area contributed by atoms with Gasteiger partial charge in [-0.3, -0.25) is 0 Å². The molecule has 0 unspecified atom stereocenters. The summed E-state index contributed by atoms with van der Waals surface area (Å²) in [7, 11) is 0. The lowest BCUT2D eigenvalue weighted by Gasteiger charge is -2.09. The molecule has 0 fully saturated rings. The van der Waals surface area contributed by atoms with Gasteiger partial charge in [0, 0.05) is 15.4 Å². The highest BCUT2D eigenvalue weighted by molar-refractivity contribution is 7.83. The van der Waals surface area contributed by atoms with Crippen LogP contribution in [-0.2, 0) is 6.42 Å². The lowest BCUT2D eigenvalue weighted by atomic mass is 10.0. The molecule has 0 aliphatic carbocycles. The second-order valence-corrected chi connectivity index (χ2v) is 5.38. The predicted molar refractivity (Wildman–Crippen MR) is 79.7 cm³/mol. The van der Waals surface area contributed by atoms with E-state index in [9.17, 15) is 5.11 Å². The molecule has 17 heavy (non-hydrogen) atoms. The van der Waals surface area contributed by atoms with Gasteiger partial charge in [0.2, 0.25) is 0 Å². The Balaban J connectivity index is 2.39. The number of phenolic OH excluding ortho intramolecular Hbond substituents is 1. The maximum atomic E-state index is 9.77. The molecular formula is C14H22OS2. The number of unbranched alkanes of at least 4 members (excludes halogenated alkanes) is 5. The molecule has 1 aromatic carbocycles. The molecule has 0 aliphatic heterocycles. The average Bonchev–Trinajstić information content (AvgIpc) is 2.32. The third-order valence-corrected chi connectivity index (χ3v) is 4.08. The molecule has 0 aromatic heterocycles. The summed E-state index contributed by atoms with van der Waals surface area (Å²) in [5, 5.41) is 9.77. The number of thiol groups is 2. The van der Waals surface area contributed by atoms with Gasteiger partial charge in [0.15, 0.2) is 0 Å². The molecule has 0 bridgehead atoms. The van der Waals surface area contributed by atoms with Gasteiger partial charge in [0.1, 0.15) is 5.75 Å². The number of hydrogen-bond acceptors (Lipinski definition) is 3. The fourth-order valence-corrected chi connectivity index (χ4v) is 2.45. The van der Waals surface area contributed by atoms with Crippen molar-refractivity contribution in [2.45, 2.75) is 61.7 Å². The first kappa shape index (κ1) is 14.8. The summed E-state index contributed by atoms with van der Waals surface area (Å²) in [6, 6.07) is 3.49. The van der Waals surface area contributed by atoms with E-state index < -0.39 is 0 Å². The van der Waals surface area contributed by atoms with E-state index in [0.717, 1.165) is 28.2 Å². The monoisotopic (exact) mass is 270 g/mol.